The fourth-order valence-corrected chi connectivity index (χ4v) is 3.66. The molecule has 0 aliphatic carbocycles. The number of non-ortho nitro benzene ring substituents is 1. The van der Waals surface area contributed by atoms with Gasteiger partial charge in [-0.3, -0.25) is 14.9 Å². The van der Waals surface area contributed by atoms with Crippen molar-refractivity contribution in [3.63, 3.8) is 0 Å². The van der Waals surface area contributed by atoms with Gasteiger partial charge in [-0.1, -0.05) is 0 Å². The zero-order valence-corrected chi connectivity index (χ0v) is 16.6. The monoisotopic (exact) mass is 426 g/mol. The number of carboxylic acids is 1. The van der Waals surface area contributed by atoms with Crippen LogP contribution in [0, 0.1) is 10.1 Å². The number of carboxylic acid groups (broad SMARTS) is 1. The molecule has 2 aromatic carbocycles. The molecular formula is C17H19N2O9P. The second-order valence-electron chi connectivity index (χ2n) is 5.64. The van der Waals surface area contributed by atoms with Crippen LogP contribution in [0.4, 0.5) is 5.69 Å². The van der Waals surface area contributed by atoms with Crippen molar-refractivity contribution in [2.75, 3.05) is 14.2 Å². The Morgan fingerprint density at radius 2 is 1.62 bits per heavy atom. The zero-order valence-electron chi connectivity index (χ0n) is 15.7. The van der Waals surface area contributed by atoms with Gasteiger partial charge >= 0.3 is 13.7 Å². The van der Waals surface area contributed by atoms with Crippen molar-refractivity contribution < 1.29 is 37.9 Å². The van der Waals surface area contributed by atoms with E-state index in [0.29, 0.717) is 5.75 Å². The average molecular weight is 426 g/mol. The van der Waals surface area contributed by atoms with Crippen LogP contribution in [0.1, 0.15) is 6.92 Å². The summed E-state index contributed by atoms with van der Waals surface area (Å²) in [6.07, 6.45) is 0. The van der Waals surface area contributed by atoms with Crippen LogP contribution >= 0.6 is 7.75 Å². The summed E-state index contributed by atoms with van der Waals surface area (Å²) in [6, 6.07) is 7.78. The molecule has 0 heterocycles. The summed E-state index contributed by atoms with van der Waals surface area (Å²) in [7, 11) is -1.42. The Morgan fingerprint density at radius 1 is 1.07 bits per heavy atom. The lowest BCUT2D eigenvalue weighted by Gasteiger charge is -2.22. The summed E-state index contributed by atoms with van der Waals surface area (Å²) in [6.45, 7) is 1.26. The number of ether oxygens (including phenoxy) is 2. The number of carbonyl (C=O) groups is 1. The van der Waals surface area contributed by atoms with Crippen LogP contribution in [0.15, 0.2) is 42.5 Å². The Hall–Kier alpha value is -3.30. The maximum absolute atomic E-state index is 13.2. The lowest BCUT2D eigenvalue weighted by molar-refractivity contribution is -0.384. The van der Waals surface area contributed by atoms with E-state index >= 15 is 0 Å². The fourth-order valence-electron chi connectivity index (χ4n) is 2.14. The van der Waals surface area contributed by atoms with Gasteiger partial charge in [0.1, 0.15) is 17.5 Å². The smallest absolute Gasteiger partial charge is 0.493 e. The van der Waals surface area contributed by atoms with Crippen LogP contribution in [0.2, 0.25) is 0 Å². The van der Waals surface area contributed by atoms with Crippen molar-refractivity contribution in [3.8, 4) is 23.0 Å². The van der Waals surface area contributed by atoms with Crippen molar-refractivity contribution in [2.45, 2.75) is 13.0 Å². The van der Waals surface area contributed by atoms with Gasteiger partial charge in [0, 0.05) is 18.2 Å². The van der Waals surface area contributed by atoms with Gasteiger partial charge in [-0.05, 0) is 31.2 Å². The van der Waals surface area contributed by atoms with Gasteiger partial charge in [-0.2, -0.15) is 5.09 Å². The molecule has 0 spiro atoms. The molecule has 0 aliphatic rings. The van der Waals surface area contributed by atoms with Crippen molar-refractivity contribution in [3.05, 3.63) is 52.6 Å². The second kappa shape index (κ2) is 9.26. The van der Waals surface area contributed by atoms with Crippen LogP contribution in [0.3, 0.4) is 0 Å². The van der Waals surface area contributed by atoms with Gasteiger partial charge in [0.05, 0.1) is 19.1 Å². The lowest BCUT2D eigenvalue weighted by atomic mass is 10.3. The number of aliphatic carboxylic acids is 1. The van der Waals surface area contributed by atoms with Crippen LogP contribution in [0.5, 0.6) is 23.0 Å². The van der Waals surface area contributed by atoms with Crippen LogP contribution in [-0.2, 0) is 9.36 Å². The summed E-state index contributed by atoms with van der Waals surface area (Å²) >= 11 is 0. The number of hydrogen-bond acceptors (Lipinski definition) is 8. The second-order valence-corrected chi connectivity index (χ2v) is 7.26. The van der Waals surface area contributed by atoms with Gasteiger partial charge in [0.2, 0.25) is 0 Å². The first-order chi connectivity index (χ1) is 13.7. The molecule has 156 valence electrons. The van der Waals surface area contributed by atoms with Crippen molar-refractivity contribution in [2.24, 2.45) is 0 Å². The molecular weight excluding hydrogens is 407 g/mol. The highest BCUT2D eigenvalue weighted by Gasteiger charge is 2.33. The first-order valence-corrected chi connectivity index (χ1v) is 9.68. The van der Waals surface area contributed by atoms with Crippen molar-refractivity contribution in [1.82, 2.24) is 5.09 Å². The summed E-state index contributed by atoms with van der Waals surface area (Å²) in [5.41, 5.74) is -0.195. The Morgan fingerprint density at radius 3 is 2.14 bits per heavy atom. The number of nitrogens with one attached hydrogen (secondary N) is 1. The normalized spacial score (nSPS) is 13.6. The molecule has 0 aromatic heterocycles. The summed E-state index contributed by atoms with van der Waals surface area (Å²) in [4.78, 5) is 21.3. The molecule has 0 amide bonds. The highest BCUT2D eigenvalue weighted by molar-refractivity contribution is 7.52. The first-order valence-electron chi connectivity index (χ1n) is 8.13. The molecule has 0 radical (unpaired) electrons. The van der Waals surface area contributed by atoms with E-state index in [1.54, 1.807) is 0 Å². The third-order valence-corrected chi connectivity index (χ3v) is 5.18. The van der Waals surface area contributed by atoms with Crippen LogP contribution in [-0.4, -0.2) is 36.3 Å². The van der Waals surface area contributed by atoms with E-state index in [2.05, 4.69) is 5.09 Å². The SMILES string of the molecule is COc1ccc(OP(=O)(N[C@@H](C)C(=O)O)Oc2ccc([N+](=O)[O-])cc2)cc1OC. The molecule has 29 heavy (non-hydrogen) atoms. The molecule has 2 rings (SSSR count). The van der Waals surface area contributed by atoms with Gasteiger partial charge in [0.15, 0.2) is 11.5 Å². The molecule has 0 saturated heterocycles. The third kappa shape index (κ3) is 5.84. The zero-order chi connectivity index (χ0) is 21.6. The third-order valence-electron chi connectivity index (χ3n) is 3.58. The number of benzene rings is 2. The first kappa shape index (κ1) is 22.0. The highest BCUT2D eigenvalue weighted by Crippen LogP contribution is 2.47. The van der Waals surface area contributed by atoms with Gasteiger partial charge in [-0.15, -0.1) is 0 Å². The molecule has 0 bridgehead atoms. The molecule has 1 unspecified atom stereocenters. The Kier molecular flexibility index (Phi) is 7.03. The minimum Gasteiger partial charge on any atom is -0.493 e. The van der Waals surface area contributed by atoms with E-state index in [4.69, 9.17) is 23.6 Å². The summed E-state index contributed by atoms with van der Waals surface area (Å²) < 4.78 is 34.3. The average Bonchev–Trinajstić information content (AvgIpc) is 2.67. The van der Waals surface area contributed by atoms with E-state index in [1.807, 2.05) is 0 Å². The van der Waals surface area contributed by atoms with Gasteiger partial charge in [0.25, 0.3) is 5.69 Å². The van der Waals surface area contributed by atoms with E-state index in [-0.39, 0.29) is 22.9 Å². The maximum atomic E-state index is 13.2. The van der Waals surface area contributed by atoms with E-state index in [0.717, 1.165) is 12.1 Å². The number of hydrogen-bond donors (Lipinski definition) is 2. The van der Waals surface area contributed by atoms with Gasteiger partial charge < -0.3 is 23.6 Å². The summed E-state index contributed by atoms with van der Waals surface area (Å²) in [5.74, 6) is -0.563. The quantitative estimate of drug-likeness (QED) is 0.330. The predicted molar refractivity (Wildman–Crippen MR) is 102 cm³/mol. The maximum Gasteiger partial charge on any atom is 0.513 e. The van der Waals surface area contributed by atoms with Crippen LogP contribution in [0.25, 0.3) is 0 Å². The standard InChI is InChI=1S/C17H19N2O9P/c1-11(17(20)21)18-29(24,27-13-6-4-12(5-7-13)19(22)23)28-14-8-9-15(25-2)16(10-14)26-3/h4-11H,1-3H3,(H,18,24)(H,20,21)/t11-,29?/m0/s1. The van der Waals surface area contributed by atoms with Crippen molar-refractivity contribution >= 4 is 19.4 Å². The molecule has 0 fully saturated rings. The number of rotatable bonds is 10. The van der Waals surface area contributed by atoms with Crippen LogP contribution < -0.4 is 23.6 Å². The number of nitro groups is 1. The summed E-state index contributed by atoms with van der Waals surface area (Å²) in [5, 5.41) is 22.2. The minimum atomic E-state index is -4.26. The Labute approximate surface area is 165 Å². The number of nitrogens with zero attached hydrogens (tertiary/aromatic N) is 1. The molecule has 11 nitrogen and oxygen atoms in total. The van der Waals surface area contributed by atoms with Crippen molar-refractivity contribution in [1.29, 1.82) is 0 Å². The van der Waals surface area contributed by atoms with E-state index in [9.17, 15) is 19.5 Å². The molecule has 12 heteroatoms. The molecule has 0 saturated carbocycles. The lowest BCUT2D eigenvalue weighted by Crippen LogP contribution is -2.34. The topological polar surface area (TPSA) is 146 Å². The molecule has 2 aromatic rings. The molecule has 2 atom stereocenters. The number of methoxy groups -OCH3 is 2. The molecule has 0 aliphatic heterocycles. The molecule has 2 N–H and O–H groups in total. The Bertz CT molecular complexity index is 933. The Balaban J connectivity index is 2.33. The minimum absolute atomic E-state index is 0.0236. The number of nitro benzene ring substituents is 1. The highest BCUT2D eigenvalue weighted by atomic mass is 31.2. The fraction of sp³-hybridized carbons (Fsp3) is 0.235. The van der Waals surface area contributed by atoms with E-state index in [1.165, 1.54) is 51.5 Å². The predicted octanol–water partition coefficient (Wildman–Crippen LogP) is 3.24. The largest absolute Gasteiger partial charge is 0.513 e. The van der Waals surface area contributed by atoms with Gasteiger partial charge in [-0.25, -0.2) is 4.57 Å². The van der Waals surface area contributed by atoms with E-state index < -0.39 is 24.7 Å².